The highest BCUT2D eigenvalue weighted by Gasteiger charge is 2.23. The zero-order valence-corrected chi connectivity index (χ0v) is 17.9. The Bertz CT molecular complexity index is 1140. The Morgan fingerprint density at radius 3 is 2.45 bits per heavy atom. The van der Waals surface area contributed by atoms with Crippen LogP contribution >= 0.6 is 11.3 Å². The van der Waals surface area contributed by atoms with E-state index < -0.39 is 11.9 Å². The summed E-state index contributed by atoms with van der Waals surface area (Å²) in [6, 6.07) is 18.3. The Kier molecular flexibility index (Phi) is 7.20. The molecule has 0 aliphatic heterocycles. The van der Waals surface area contributed by atoms with Gasteiger partial charge < -0.3 is 14.8 Å². The van der Waals surface area contributed by atoms with Gasteiger partial charge in [0.2, 0.25) is 0 Å². The van der Waals surface area contributed by atoms with Crippen molar-refractivity contribution in [3.63, 3.8) is 0 Å². The predicted octanol–water partition coefficient (Wildman–Crippen LogP) is 5.15. The third-order valence-corrected chi connectivity index (χ3v) is 5.26. The number of benzene rings is 2. The molecule has 1 aromatic heterocycles. The van der Waals surface area contributed by atoms with E-state index in [4.69, 9.17) is 9.47 Å². The van der Waals surface area contributed by atoms with Crippen molar-refractivity contribution >= 4 is 34.3 Å². The lowest BCUT2D eigenvalue weighted by Gasteiger charge is -2.08. The predicted molar refractivity (Wildman–Crippen MR) is 121 cm³/mol. The molecule has 3 aromatic rings. The molecule has 1 heterocycles. The van der Waals surface area contributed by atoms with E-state index in [1.54, 1.807) is 29.6 Å². The standard InChI is InChI=1S/C24H20N2O4S/c1-3-30-19-11-9-16(10-12-19)13-18(14-25)22(27)26-23-21(24(28)29-2)20(15-31-23)17-7-5-4-6-8-17/h4-13,15H,3H2,1-2H3,(H,26,27)/b18-13+. The quantitative estimate of drug-likeness (QED) is 0.317. The number of nitrogens with one attached hydrogen (secondary N) is 1. The molecule has 0 bridgehead atoms. The van der Waals surface area contributed by atoms with Crippen LogP contribution in [0.2, 0.25) is 0 Å². The Morgan fingerprint density at radius 2 is 1.84 bits per heavy atom. The van der Waals surface area contributed by atoms with E-state index in [2.05, 4.69) is 5.32 Å². The number of rotatable bonds is 7. The minimum Gasteiger partial charge on any atom is -0.494 e. The third kappa shape index (κ3) is 5.18. The molecule has 0 saturated carbocycles. The van der Waals surface area contributed by atoms with E-state index in [0.29, 0.717) is 28.5 Å². The van der Waals surface area contributed by atoms with E-state index >= 15 is 0 Å². The number of nitrogens with zero attached hydrogens (tertiary/aromatic N) is 1. The van der Waals surface area contributed by atoms with Gasteiger partial charge in [0.05, 0.1) is 13.7 Å². The summed E-state index contributed by atoms with van der Waals surface area (Å²) in [6.07, 6.45) is 1.48. The molecular formula is C24H20N2O4S. The summed E-state index contributed by atoms with van der Waals surface area (Å²) >= 11 is 1.20. The van der Waals surface area contributed by atoms with Crippen molar-refractivity contribution in [3.8, 4) is 22.9 Å². The number of carbonyl (C=O) groups is 2. The van der Waals surface area contributed by atoms with Crippen LogP contribution in [0.3, 0.4) is 0 Å². The normalized spacial score (nSPS) is 10.8. The fourth-order valence-corrected chi connectivity index (χ4v) is 3.85. The summed E-state index contributed by atoms with van der Waals surface area (Å²) in [5, 5.41) is 14.3. The molecule has 0 spiro atoms. The lowest BCUT2D eigenvalue weighted by Crippen LogP contribution is -2.15. The summed E-state index contributed by atoms with van der Waals surface area (Å²) in [7, 11) is 1.28. The summed E-state index contributed by atoms with van der Waals surface area (Å²) in [6.45, 7) is 2.44. The van der Waals surface area contributed by atoms with Crippen LogP contribution in [0.5, 0.6) is 5.75 Å². The van der Waals surface area contributed by atoms with Crippen LogP contribution in [0.1, 0.15) is 22.8 Å². The van der Waals surface area contributed by atoms with E-state index in [-0.39, 0.29) is 11.1 Å². The molecule has 31 heavy (non-hydrogen) atoms. The van der Waals surface area contributed by atoms with Gasteiger partial charge in [0.15, 0.2) is 0 Å². The minimum atomic E-state index is -0.608. The van der Waals surface area contributed by atoms with E-state index in [0.717, 1.165) is 5.56 Å². The van der Waals surface area contributed by atoms with Gasteiger partial charge in [-0.15, -0.1) is 11.3 Å². The van der Waals surface area contributed by atoms with Gasteiger partial charge in [-0.2, -0.15) is 5.26 Å². The average Bonchev–Trinajstić information content (AvgIpc) is 3.22. The number of hydrogen-bond acceptors (Lipinski definition) is 6. The number of amides is 1. The Morgan fingerprint density at radius 1 is 1.13 bits per heavy atom. The average molecular weight is 433 g/mol. The highest BCUT2D eigenvalue weighted by molar-refractivity contribution is 7.15. The molecule has 0 atom stereocenters. The summed E-state index contributed by atoms with van der Waals surface area (Å²) in [5.41, 5.74) is 2.33. The van der Waals surface area contributed by atoms with E-state index in [9.17, 15) is 14.9 Å². The van der Waals surface area contributed by atoms with Crippen LogP contribution in [-0.2, 0) is 9.53 Å². The molecule has 0 fully saturated rings. The van der Waals surface area contributed by atoms with Gasteiger partial charge in [-0.25, -0.2) is 4.79 Å². The molecule has 0 radical (unpaired) electrons. The van der Waals surface area contributed by atoms with Crippen LogP contribution in [0.25, 0.3) is 17.2 Å². The van der Waals surface area contributed by atoms with Crippen molar-refractivity contribution in [2.75, 3.05) is 19.0 Å². The van der Waals surface area contributed by atoms with Gasteiger partial charge in [0.25, 0.3) is 5.91 Å². The number of esters is 1. The van der Waals surface area contributed by atoms with Crippen LogP contribution in [0, 0.1) is 11.3 Å². The summed E-state index contributed by atoms with van der Waals surface area (Å²) < 4.78 is 10.3. The number of carbonyl (C=O) groups excluding carboxylic acids is 2. The molecule has 6 nitrogen and oxygen atoms in total. The van der Waals surface area contributed by atoms with E-state index in [1.165, 1.54) is 24.5 Å². The smallest absolute Gasteiger partial charge is 0.341 e. The topological polar surface area (TPSA) is 88.4 Å². The number of methoxy groups -OCH3 is 1. The second-order valence-corrected chi connectivity index (χ2v) is 7.22. The number of thiophene rings is 1. The number of hydrogen-bond donors (Lipinski definition) is 1. The second kappa shape index (κ2) is 10.2. The van der Waals surface area contributed by atoms with Crippen LogP contribution < -0.4 is 10.1 Å². The lowest BCUT2D eigenvalue weighted by molar-refractivity contribution is -0.112. The molecule has 0 aliphatic rings. The fraction of sp³-hybridized carbons (Fsp3) is 0.125. The van der Waals surface area contributed by atoms with Gasteiger partial charge in [-0.1, -0.05) is 42.5 Å². The molecule has 1 amide bonds. The molecular weight excluding hydrogens is 412 g/mol. The van der Waals surface area contributed by atoms with E-state index in [1.807, 2.05) is 43.3 Å². The minimum absolute atomic E-state index is 0.0883. The third-order valence-electron chi connectivity index (χ3n) is 4.36. The molecule has 7 heteroatoms. The largest absolute Gasteiger partial charge is 0.494 e. The molecule has 2 aromatic carbocycles. The zero-order valence-electron chi connectivity index (χ0n) is 17.0. The number of anilines is 1. The van der Waals surface area contributed by atoms with Crippen LogP contribution in [0.4, 0.5) is 5.00 Å². The van der Waals surface area contributed by atoms with Crippen molar-refractivity contribution in [1.82, 2.24) is 0 Å². The van der Waals surface area contributed by atoms with Gasteiger partial charge in [0, 0.05) is 10.9 Å². The first-order valence-corrected chi connectivity index (χ1v) is 10.4. The highest BCUT2D eigenvalue weighted by atomic mass is 32.1. The van der Waals surface area contributed by atoms with Crippen molar-refractivity contribution in [3.05, 3.63) is 76.7 Å². The van der Waals surface area contributed by atoms with Gasteiger partial charge in [0.1, 0.15) is 28.0 Å². The Labute approximate surface area is 184 Å². The van der Waals surface area contributed by atoms with Gasteiger partial charge in [-0.05, 0) is 36.3 Å². The maximum atomic E-state index is 12.8. The molecule has 156 valence electrons. The molecule has 3 rings (SSSR count). The maximum absolute atomic E-state index is 12.8. The number of ether oxygens (including phenoxy) is 2. The van der Waals surface area contributed by atoms with Crippen LogP contribution in [-0.4, -0.2) is 25.6 Å². The molecule has 0 aliphatic carbocycles. The monoisotopic (exact) mass is 432 g/mol. The second-order valence-electron chi connectivity index (χ2n) is 6.34. The molecule has 1 N–H and O–H groups in total. The van der Waals surface area contributed by atoms with Crippen molar-refractivity contribution in [1.29, 1.82) is 5.26 Å². The molecule has 0 unspecified atom stereocenters. The van der Waals surface area contributed by atoms with Crippen molar-refractivity contribution < 1.29 is 19.1 Å². The number of nitriles is 1. The lowest BCUT2D eigenvalue weighted by atomic mass is 10.0. The van der Waals surface area contributed by atoms with Crippen molar-refractivity contribution in [2.24, 2.45) is 0 Å². The zero-order chi connectivity index (χ0) is 22.2. The maximum Gasteiger partial charge on any atom is 0.341 e. The van der Waals surface area contributed by atoms with Gasteiger partial charge in [-0.3, -0.25) is 4.79 Å². The SMILES string of the molecule is CCOc1ccc(/C=C(\C#N)C(=O)Nc2scc(-c3ccccc3)c2C(=O)OC)cc1. The first kappa shape index (κ1) is 21.8. The van der Waals surface area contributed by atoms with Gasteiger partial charge >= 0.3 is 5.97 Å². The Hall–Kier alpha value is -3.89. The molecule has 0 saturated heterocycles. The Balaban J connectivity index is 1.88. The first-order valence-electron chi connectivity index (χ1n) is 9.48. The first-order chi connectivity index (χ1) is 15.1. The van der Waals surface area contributed by atoms with Crippen LogP contribution in [0.15, 0.2) is 65.6 Å². The summed E-state index contributed by atoms with van der Waals surface area (Å²) in [4.78, 5) is 25.2. The fourth-order valence-electron chi connectivity index (χ4n) is 2.90. The highest BCUT2D eigenvalue weighted by Crippen LogP contribution is 2.36. The summed E-state index contributed by atoms with van der Waals surface area (Å²) in [5.74, 6) is -0.468. The van der Waals surface area contributed by atoms with Crippen molar-refractivity contribution in [2.45, 2.75) is 6.92 Å².